The standard InChI is InChI=1S/C16H20FN5O3/c1-16(2,3)8-13(11-4-6-12(17)7-5-11)19-14(23)9-21-10-18-15(20-21)22(24)25/h4-7,10,13H,8-9H2,1-3H3,(H,19,23)/t13-/m1/s1. The van der Waals surface area contributed by atoms with Crippen LogP contribution in [0.1, 0.15) is 38.8 Å². The molecule has 2 rings (SSSR count). The Bertz CT molecular complexity index is 752. The molecule has 8 nitrogen and oxygen atoms in total. The molecule has 2 aromatic rings. The Morgan fingerprint density at radius 2 is 2.00 bits per heavy atom. The molecular formula is C16H20FN5O3. The third kappa shape index (κ3) is 5.63. The first kappa shape index (κ1) is 18.5. The smallest absolute Gasteiger partial charge is 0.390 e. The second-order valence-corrected chi connectivity index (χ2v) is 6.94. The minimum absolute atomic E-state index is 0.0711. The number of carbonyl (C=O) groups is 1. The van der Waals surface area contributed by atoms with Gasteiger partial charge in [0.05, 0.1) is 6.04 Å². The molecule has 134 valence electrons. The normalized spacial score (nSPS) is 12.6. The van der Waals surface area contributed by atoms with Crippen LogP contribution in [0.2, 0.25) is 0 Å². The third-order valence-corrected chi connectivity index (χ3v) is 3.42. The van der Waals surface area contributed by atoms with Gasteiger partial charge in [-0.15, -0.1) is 0 Å². The summed E-state index contributed by atoms with van der Waals surface area (Å²) in [6, 6.07) is 5.64. The molecule has 0 spiro atoms. The number of nitrogens with zero attached hydrogens (tertiary/aromatic N) is 4. The average Bonchev–Trinajstić information content (AvgIpc) is 2.94. The number of hydrogen-bond acceptors (Lipinski definition) is 5. The van der Waals surface area contributed by atoms with Crippen molar-refractivity contribution in [2.75, 3.05) is 0 Å². The zero-order valence-corrected chi connectivity index (χ0v) is 14.3. The van der Waals surface area contributed by atoms with Gasteiger partial charge in [0.25, 0.3) is 0 Å². The molecule has 0 unspecified atom stereocenters. The highest BCUT2D eigenvalue weighted by Gasteiger charge is 2.23. The van der Waals surface area contributed by atoms with E-state index in [2.05, 4.69) is 15.4 Å². The summed E-state index contributed by atoms with van der Waals surface area (Å²) in [7, 11) is 0. The summed E-state index contributed by atoms with van der Waals surface area (Å²) in [5, 5.41) is 17.1. The summed E-state index contributed by atoms with van der Waals surface area (Å²) in [5.74, 6) is -1.27. The second-order valence-electron chi connectivity index (χ2n) is 6.94. The van der Waals surface area contributed by atoms with Crippen LogP contribution in [-0.4, -0.2) is 25.6 Å². The Balaban J connectivity index is 2.10. The first-order chi connectivity index (χ1) is 11.6. The Labute approximate surface area is 144 Å². The zero-order chi connectivity index (χ0) is 18.6. The van der Waals surface area contributed by atoms with Crippen LogP contribution in [0.15, 0.2) is 30.6 Å². The lowest BCUT2D eigenvalue weighted by molar-refractivity contribution is -0.394. The van der Waals surface area contributed by atoms with Gasteiger partial charge in [0.1, 0.15) is 12.4 Å². The van der Waals surface area contributed by atoms with Crippen molar-refractivity contribution in [1.82, 2.24) is 20.1 Å². The van der Waals surface area contributed by atoms with Crippen molar-refractivity contribution in [3.63, 3.8) is 0 Å². The van der Waals surface area contributed by atoms with E-state index in [9.17, 15) is 19.3 Å². The number of benzene rings is 1. The zero-order valence-electron chi connectivity index (χ0n) is 14.3. The van der Waals surface area contributed by atoms with Crippen molar-refractivity contribution in [3.8, 4) is 0 Å². The summed E-state index contributed by atoms with van der Waals surface area (Å²) in [5.41, 5.74) is 0.715. The van der Waals surface area contributed by atoms with Crippen LogP contribution in [0.25, 0.3) is 0 Å². The van der Waals surface area contributed by atoms with E-state index in [-0.39, 0.29) is 29.7 Å². The predicted molar refractivity (Wildman–Crippen MR) is 88.0 cm³/mol. The van der Waals surface area contributed by atoms with Gasteiger partial charge in [0.15, 0.2) is 0 Å². The summed E-state index contributed by atoms with van der Waals surface area (Å²) in [4.78, 5) is 25.6. The molecule has 9 heteroatoms. The first-order valence-electron chi connectivity index (χ1n) is 7.73. The molecule has 0 radical (unpaired) electrons. The van der Waals surface area contributed by atoms with Crippen LogP contribution in [0.4, 0.5) is 10.3 Å². The quantitative estimate of drug-likeness (QED) is 0.638. The molecule has 1 N–H and O–H groups in total. The van der Waals surface area contributed by atoms with Gasteiger partial charge in [-0.1, -0.05) is 37.9 Å². The molecule has 1 amide bonds. The van der Waals surface area contributed by atoms with Crippen molar-refractivity contribution >= 4 is 11.9 Å². The van der Waals surface area contributed by atoms with Gasteiger partial charge >= 0.3 is 5.95 Å². The van der Waals surface area contributed by atoms with E-state index in [1.807, 2.05) is 20.8 Å². The fourth-order valence-corrected chi connectivity index (χ4v) is 2.39. The Hall–Kier alpha value is -2.84. The summed E-state index contributed by atoms with van der Waals surface area (Å²) >= 11 is 0. The summed E-state index contributed by atoms with van der Waals surface area (Å²) in [6.07, 6.45) is 1.77. The topological polar surface area (TPSA) is 103 Å². The lowest BCUT2D eigenvalue weighted by atomic mass is 9.85. The lowest BCUT2D eigenvalue weighted by Crippen LogP contribution is -2.33. The van der Waals surface area contributed by atoms with E-state index in [0.717, 1.165) is 16.6 Å². The molecule has 0 fully saturated rings. The molecule has 1 heterocycles. The third-order valence-electron chi connectivity index (χ3n) is 3.42. The highest BCUT2D eigenvalue weighted by Crippen LogP contribution is 2.29. The maximum absolute atomic E-state index is 13.1. The molecule has 1 aromatic heterocycles. The maximum atomic E-state index is 13.1. The Kier molecular flexibility index (Phi) is 5.45. The molecule has 1 aromatic carbocycles. The van der Waals surface area contributed by atoms with E-state index in [4.69, 9.17) is 0 Å². The van der Waals surface area contributed by atoms with Crippen LogP contribution in [-0.2, 0) is 11.3 Å². The number of rotatable bonds is 6. The molecule has 0 aliphatic carbocycles. The number of carbonyl (C=O) groups excluding carboxylic acids is 1. The molecule has 0 saturated heterocycles. The van der Waals surface area contributed by atoms with E-state index < -0.39 is 10.9 Å². The van der Waals surface area contributed by atoms with Crippen LogP contribution in [0.5, 0.6) is 0 Å². The van der Waals surface area contributed by atoms with Crippen molar-refractivity contribution in [2.24, 2.45) is 5.41 Å². The molecule has 0 saturated carbocycles. The Morgan fingerprint density at radius 3 is 2.52 bits per heavy atom. The molecule has 0 bridgehead atoms. The number of amides is 1. The van der Waals surface area contributed by atoms with Crippen molar-refractivity contribution in [3.05, 3.63) is 52.1 Å². The fourth-order valence-electron chi connectivity index (χ4n) is 2.39. The van der Waals surface area contributed by atoms with Gasteiger partial charge in [-0.05, 0) is 34.5 Å². The monoisotopic (exact) mass is 349 g/mol. The van der Waals surface area contributed by atoms with Gasteiger partial charge in [0, 0.05) is 5.10 Å². The predicted octanol–water partition coefficient (Wildman–Crippen LogP) is 2.62. The van der Waals surface area contributed by atoms with Crippen LogP contribution in [0.3, 0.4) is 0 Å². The molecule has 0 aliphatic heterocycles. The average molecular weight is 349 g/mol. The summed E-state index contributed by atoms with van der Waals surface area (Å²) in [6.45, 7) is 5.92. The van der Waals surface area contributed by atoms with Crippen LogP contribution < -0.4 is 5.32 Å². The van der Waals surface area contributed by atoms with Crippen molar-refractivity contribution in [2.45, 2.75) is 39.8 Å². The maximum Gasteiger partial charge on any atom is 0.490 e. The SMILES string of the molecule is CC(C)(C)C[C@@H](NC(=O)Cn1cnc([N+](=O)[O-])n1)c1ccc(F)cc1. The molecule has 1 atom stereocenters. The number of hydrogen-bond donors (Lipinski definition) is 1. The van der Waals surface area contributed by atoms with E-state index >= 15 is 0 Å². The van der Waals surface area contributed by atoms with Gasteiger partial charge in [0.2, 0.25) is 12.2 Å². The van der Waals surface area contributed by atoms with E-state index in [1.165, 1.54) is 12.1 Å². The van der Waals surface area contributed by atoms with Crippen molar-refractivity contribution in [1.29, 1.82) is 0 Å². The van der Waals surface area contributed by atoms with Gasteiger partial charge in [-0.3, -0.25) is 4.79 Å². The first-order valence-corrected chi connectivity index (χ1v) is 7.73. The highest BCUT2D eigenvalue weighted by atomic mass is 19.1. The summed E-state index contributed by atoms with van der Waals surface area (Å²) < 4.78 is 14.2. The molecular weight excluding hydrogens is 329 g/mol. The molecule has 0 aliphatic rings. The molecule has 25 heavy (non-hydrogen) atoms. The van der Waals surface area contributed by atoms with Gasteiger partial charge in [-0.2, -0.15) is 4.68 Å². The minimum atomic E-state index is -0.727. The fraction of sp³-hybridized carbons (Fsp3) is 0.438. The lowest BCUT2D eigenvalue weighted by Gasteiger charge is -2.27. The number of nitro groups is 1. The van der Waals surface area contributed by atoms with Crippen LogP contribution in [0, 0.1) is 21.3 Å². The van der Waals surface area contributed by atoms with Crippen LogP contribution >= 0.6 is 0 Å². The van der Waals surface area contributed by atoms with Gasteiger partial charge in [-0.25, -0.2) is 4.39 Å². The van der Waals surface area contributed by atoms with E-state index in [1.54, 1.807) is 12.1 Å². The van der Waals surface area contributed by atoms with Crippen molar-refractivity contribution < 1.29 is 14.1 Å². The number of halogens is 1. The second kappa shape index (κ2) is 7.37. The number of aromatic nitrogens is 3. The largest absolute Gasteiger partial charge is 0.490 e. The van der Waals surface area contributed by atoms with Gasteiger partial charge < -0.3 is 15.4 Å². The highest BCUT2D eigenvalue weighted by molar-refractivity contribution is 5.76. The Morgan fingerprint density at radius 1 is 1.36 bits per heavy atom. The number of nitrogens with one attached hydrogen (secondary N) is 1. The van der Waals surface area contributed by atoms with E-state index in [0.29, 0.717) is 6.42 Å². The minimum Gasteiger partial charge on any atom is -0.390 e.